The van der Waals surface area contributed by atoms with E-state index in [9.17, 15) is 23.3 Å². The summed E-state index contributed by atoms with van der Waals surface area (Å²) in [4.78, 5) is 12.5. The van der Waals surface area contributed by atoms with Gasteiger partial charge in [0.25, 0.3) is 5.69 Å². The van der Waals surface area contributed by atoms with Gasteiger partial charge in [0.2, 0.25) is 0 Å². The first kappa shape index (κ1) is 18.8. The number of benzene rings is 1. The van der Waals surface area contributed by atoms with Crippen LogP contribution in [0.2, 0.25) is 0 Å². The van der Waals surface area contributed by atoms with Gasteiger partial charge in [-0.3, -0.25) is 10.1 Å². The Morgan fingerprint density at radius 3 is 2.42 bits per heavy atom. The van der Waals surface area contributed by atoms with Gasteiger partial charge in [-0.2, -0.15) is 13.2 Å². The van der Waals surface area contributed by atoms with E-state index in [2.05, 4.69) is 0 Å². The van der Waals surface area contributed by atoms with Gasteiger partial charge >= 0.3 is 6.18 Å². The monoisotopic (exact) mass is 386 g/mol. The van der Waals surface area contributed by atoms with Crippen LogP contribution in [-0.4, -0.2) is 42.3 Å². The lowest BCUT2D eigenvalue weighted by Crippen LogP contribution is -2.35. The van der Waals surface area contributed by atoms with Crippen LogP contribution in [0.3, 0.4) is 0 Å². The number of morpholine rings is 1. The molecule has 0 unspecified atom stereocenters. The number of rotatable bonds is 4. The molecule has 0 aliphatic carbocycles. The second-order valence-electron chi connectivity index (χ2n) is 5.95. The molecule has 3 rings (SSSR count). The van der Waals surface area contributed by atoms with Gasteiger partial charge in [-0.25, -0.2) is 0 Å². The highest BCUT2D eigenvalue weighted by Gasteiger charge is 2.38. The quantitative estimate of drug-likeness (QED) is 0.572. The molecule has 2 aliphatic rings. The minimum atomic E-state index is -4.39. The van der Waals surface area contributed by atoms with E-state index in [0.29, 0.717) is 31.9 Å². The molecule has 0 N–H and O–H groups in total. The Bertz CT molecular complexity index is 739. The Hall–Kier alpha value is -2.00. The van der Waals surface area contributed by atoms with Crippen LogP contribution in [0.1, 0.15) is 12.0 Å². The molecule has 0 aromatic heterocycles. The Balaban J connectivity index is 1.81. The standard InChI is InChI=1S/C17H17F3N2O3S/c18-17(19,20)14-5-6-16(21-7-9-25-10-8-21)26-15(14)11-12-1-3-13(4-2-12)22(23)24/h1-4,6H,5,7-11H2. The van der Waals surface area contributed by atoms with Crippen molar-refractivity contribution in [1.82, 2.24) is 4.90 Å². The molecule has 1 aromatic carbocycles. The topological polar surface area (TPSA) is 55.6 Å². The highest BCUT2D eigenvalue weighted by atomic mass is 32.2. The summed E-state index contributed by atoms with van der Waals surface area (Å²) in [6.45, 7) is 2.44. The van der Waals surface area contributed by atoms with Crippen LogP contribution in [0.4, 0.5) is 18.9 Å². The third-order valence-corrected chi connectivity index (χ3v) is 5.49. The fourth-order valence-corrected chi connectivity index (χ4v) is 4.14. The number of non-ortho nitro benzene ring substituents is 1. The Labute approximate surface area is 152 Å². The van der Waals surface area contributed by atoms with Gasteiger partial charge in [0.15, 0.2) is 0 Å². The smallest absolute Gasteiger partial charge is 0.378 e. The second-order valence-corrected chi connectivity index (χ2v) is 7.06. The van der Waals surface area contributed by atoms with Crippen molar-refractivity contribution < 1.29 is 22.8 Å². The molecule has 0 radical (unpaired) electrons. The summed E-state index contributed by atoms with van der Waals surface area (Å²) in [5, 5.41) is 11.5. The third kappa shape index (κ3) is 4.39. The zero-order valence-electron chi connectivity index (χ0n) is 13.8. The summed E-state index contributed by atoms with van der Waals surface area (Å²) >= 11 is 1.14. The van der Waals surface area contributed by atoms with Gasteiger partial charge in [-0.05, 0) is 18.1 Å². The maximum atomic E-state index is 13.4. The Morgan fingerprint density at radius 1 is 1.19 bits per heavy atom. The molecule has 26 heavy (non-hydrogen) atoms. The van der Waals surface area contributed by atoms with Gasteiger partial charge in [0, 0.05) is 42.1 Å². The van der Waals surface area contributed by atoms with Crippen molar-refractivity contribution in [2.24, 2.45) is 0 Å². The molecule has 0 bridgehead atoms. The number of allylic oxidation sites excluding steroid dienone is 3. The zero-order chi connectivity index (χ0) is 18.7. The fourth-order valence-electron chi connectivity index (χ4n) is 2.85. The summed E-state index contributed by atoms with van der Waals surface area (Å²) < 4.78 is 45.5. The minimum absolute atomic E-state index is 0.0797. The highest BCUT2D eigenvalue weighted by Crippen LogP contribution is 2.44. The van der Waals surface area contributed by atoms with Crippen molar-refractivity contribution in [3.63, 3.8) is 0 Å². The number of nitrogens with zero attached hydrogens (tertiary/aromatic N) is 2. The molecule has 5 nitrogen and oxygen atoms in total. The molecule has 1 aromatic rings. The first-order valence-electron chi connectivity index (χ1n) is 8.08. The van der Waals surface area contributed by atoms with E-state index in [1.165, 1.54) is 24.3 Å². The summed E-state index contributed by atoms with van der Waals surface area (Å²) in [6.07, 6.45) is -2.83. The van der Waals surface area contributed by atoms with Gasteiger partial charge < -0.3 is 9.64 Å². The van der Waals surface area contributed by atoms with Crippen LogP contribution in [-0.2, 0) is 11.2 Å². The predicted molar refractivity (Wildman–Crippen MR) is 92.6 cm³/mol. The summed E-state index contributed by atoms with van der Waals surface area (Å²) in [5.41, 5.74) is -0.00934. The van der Waals surface area contributed by atoms with Crippen LogP contribution < -0.4 is 0 Å². The van der Waals surface area contributed by atoms with Gasteiger partial charge in [-0.1, -0.05) is 23.9 Å². The molecule has 2 aliphatic heterocycles. The number of alkyl halides is 3. The zero-order valence-corrected chi connectivity index (χ0v) is 14.6. The SMILES string of the molecule is O=[N+]([O-])c1ccc(CC2=C(C(F)(F)F)CC=C(N3CCOCC3)S2)cc1. The van der Waals surface area contributed by atoms with E-state index in [1.54, 1.807) is 6.08 Å². The number of nitro benzene ring substituents is 1. The molecule has 9 heteroatoms. The average Bonchev–Trinajstić information content (AvgIpc) is 2.62. The summed E-state index contributed by atoms with van der Waals surface area (Å²) in [6, 6.07) is 5.64. The maximum Gasteiger partial charge on any atom is 0.413 e. The van der Waals surface area contributed by atoms with Crippen LogP contribution in [0.5, 0.6) is 0 Å². The van der Waals surface area contributed by atoms with E-state index < -0.39 is 16.7 Å². The first-order valence-corrected chi connectivity index (χ1v) is 8.89. The van der Waals surface area contributed by atoms with Crippen LogP contribution in [0, 0.1) is 10.1 Å². The number of halogens is 3. The number of ether oxygens (including phenoxy) is 1. The van der Waals surface area contributed by atoms with Crippen molar-refractivity contribution in [3.05, 3.63) is 61.5 Å². The molecular weight excluding hydrogens is 369 g/mol. The first-order chi connectivity index (χ1) is 12.3. The average molecular weight is 386 g/mol. The summed E-state index contributed by atoms with van der Waals surface area (Å²) in [5.74, 6) is 0. The number of hydrogen-bond acceptors (Lipinski definition) is 5. The Kier molecular flexibility index (Phi) is 5.57. The van der Waals surface area contributed by atoms with Gasteiger partial charge in [0.05, 0.1) is 23.2 Å². The lowest BCUT2D eigenvalue weighted by Gasteiger charge is -2.33. The highest BCUT2D eigenvalue weighted by molar-refractivity contribution is 8.06. The van der Waals surface area contributed by atoms with Gasteiger partial charge in [-0.15, -0.1) is 0 Å². The van der Waals surface area contributed by atoms with Crippen molar-refractivity contribution in [3.8, 4) is 0 Å². The van der Waals surface area contributed by atoms with E-state index in [0.717, 1.165) is 16.8 Å². The normalized spacial score (nSPS) is 18.7. The molecule has 140 valence electrons. The molecule has 1 fully saturated rings. The van der Waals surface area contributed by atoms with Crippen molar-refractivity contribution in [1.29, 1.82) is 0 Å². The summed E-state index contributed by atoms with van der Waals surface area (Å²) in [7, 11) is 0. The Morgan fingerprint density at radius 2 is 1.85 bits per heavy atom. The number of hydrogen-bond donors (Lipinski definition) is 0. The van der Waals surface area contributed by atoms with Crippen molar-refractivity contribution in [2.75, 3.05) is 26.3 Å². The molecule has 0 saturated carbocycles. The van der Waals surface area contributed by atoms with E-state index >= 15 is 0 Å². The predicted octanol–water partition coefficient (Wildman–Crippen LogP) is 4.26. The third-order valence-electron chi connectivity index (χ3n) is 4.22. The number of nitro groups is 1. The van der Waals surface area contributed by atoms with Gasteiger partial charge in [0.1, 0.15) is 0 Å². The maximum absolute atomic E-state index is 13.4. The molecule has 1 saturated heterocycles. The largest absolute Gasteiger partial charge is 0.413 e. The van der Waals surface area contributed by atoms with Crippen LogP contribution in [0.25, 0.3) is 0 Å². The fraction of sp³-hybridized carbons (Fsp3) is 0.412. The van der Waals surface area contributed by atoms with E-state index in [1.807, 2.05) is 4.90 Å². The molecule has 0 atom stereocenters. The number of thioether (sulfide) groups is 1. The van der Waals surface area contributed by atoms with Crippen LogP contribution in [0.15, 0.2) is 45.8 Å². The van der Waals surface area contributed by atoms with E-state index in [-0.39, 0.29) is 23.4 Å². The molecule has 0 amide bonds. The van der Waals surface area contributed by atoms with Crippen LogP contribution >= 0.6 is 11.8 Å². The second kappa shape index (κ2) is 7.71. The van der Waals surface area contributed by atoms with Crippen molar-refractivity contribution in [2.45, 2.75) is 19.0 Å². The lowest BCUT2D eigenvalue weighted by atomic mass is 10.1. The molecule has 0 spiro atoms. The van der Waals surface area contributed by atoms with Crippen molar-refractivity contribution >= 4 is 17.4 Å². The lowest BCUT2D eigenvalue weighted by molar-refractivity contribution is -0.384. The molecule has 2 heterocycles. The minimum Gasteiger partial charge on any atom is -0.378 e. The molecular formula is C17H17F3N2O3S. The van der Waals surface area contributed by atoms with E-state index in [4.69, 9.17) is 4.74 Å².